The Hall–Kier alpha value is -3.18. The molecule has 0 aliphatic heterocycles. The Labute approximate surface area is 204 Å². The Morgan fingerprint density at radius 3 is 2.09 bits per heavy atom. The summed E-state index contributed by atoms with van der Waals surface area (Å²) in [5.74, 6) is 6.91. The van der Waals surface area contributed by atoms with Crippen molar-refractivity contribution in [3.63, 3.8) is 0 Å². The maximum absolute atomic E-state index is 6.28. The maximum atomic E-state index is 6.28. The number of furan rings is 4. The highest BCUT2D eigenvalue weighted by Crippen LogP contribution is 2.47. The molecule has 0 aliphatic rings. The molecule has 175 valence electrons. The monoisotopic (exact) mass is 473 g/mol. The molecule has 4 nitrogen and oxygen atoms in total. The van der Waals surface area contributed by atoms with Gasteiger partial charge in [0.1, 0.15) is 34.6 Å². The molecule has 5 heteroatoms. The van der Waals surface area contributed by atoms with Gasteiger partial charge in [-0.2, -0.15) is 0 Å². The minimum atomic E-state index is -0.302. The van der Waals surface area contributed by atoms with Gasteiger partial charge in [0.15, 0.2) is 0 Å². The molecule has 34 heavy (non-hydrogen) atoms. The van der Waals surface area contributed by atoms with Gasteiger partial charge in [0.05, 0.1) is 12.5 Å². The van der Waals surface area contributed by atoms with Gasteiger partial charge in [0, 0.05) is 35.5 Å². The Balaban J connectivity index is 1.61. The van der Waals surface area contributed by atoms with Crippen molar-refractivity contribution in [2.75, 3.05) is 0 Å². The van der Waals surface area contributed by atoms with Crippen LogP contribution in [0.4, 0.5) is 0 Å². The highest BCUT2D eigenvalue weighted by molar-refractivity contribution is 7.09. The van der Waals surface area contributed by atoms with Gasteiger partial charge in [-0.15, -0.1) is 11.3 Å². The molecule has 1 unspecified atom stereocenters. The number of rotatable bonds is 11. The van der Waals surface area contributed by atoms with E-state index in [4.69, 9.17) is 17.7 Å². The van der Waals surface area contributed by atoms with Crippen LogP contribution in [0.2, 0.25) is 0 Å². The summed E-state index contributed by atoms with van der Waals surface area (Å²) in [4.78, 5) is 1.33. The van der Waals surface area contributed by atoms with Gasteiger partial charge < -0.3 is 17.7 Å². The number of thiophene rings is 1. The van der Waals surface area contributed by atoms with Crippen LogP contribution in [0, 0.1) is 25.2 Å². The van der Waals surface area contributed by atoms with Crippen molar-refractivity contribution < 1.29 is 17.7 Å². The Bertz CT molecular complexity index is 1220. The van der Waals surface area contributed by atoms with Crippen molar-refractivity contribution in [1.82, 2.24) is 0 Å². The summed E-state index contributed by atoms with van der Waals surface area (Å²) in [6.07, 6.45) is 7.44. The van der Waals surface area contributed by atoms with Crippen LogP contribution in [-0.4, -0.2) is 0 Å². The average molecular weight is 474 g/mol. The lowest BCUT2D eigenvalue weighted by Gasteiger charge is -2.39. The van der Waals surface area contributed by atoms with Gasteiger partial charge in [-0.05, 0) is 86.7 Å². The Morgan fingerprint density at radius 1 is 0.735 bits per heavy atom. The maximum Gasteiger partial charge on any atom is 0.111 e. The second kappa shape index (κ2) is 9.98. The minimum Gasteiger partial charge on any atom is -0.469 e. The molecule has 0 aliphatic carbocycles. The average Bonchev–Trinajstić information content (AvgIpc) is 3.62. The molecule has 5 aromatic rings. The predicted octanol–water partition coefficient (Wildman–Crippen LogP) is 8.01. The van der Waals surface area contributed by atoms with E-state index in [1.165, 1.54) is 10.8 Å². The minimum absolute atomic E-state index is 0.302. The van der Waals surface area contributed by atoms with E-state index in [1.54, 1.807) is 23.9 Å². The van der Waals surface area contributed by atoms with E-state index in [-0.39, 0.29) is 5.41 Å². The van der Waals surface area contributed by atoms with Crippen molar-refractivity contribution in [3.8, 4) is 0 Å². The van der Waals surface area contributed by atoms with Crippen molar-refractivity contribution in [3.05, 3.63) is 124 Å². The smallest absolute Gasteiger partial charge is 0.111 e. The van der Waals surface area contributed by atoms with E-state index in [0.29, 0.717) is 0 Å². The summed E-state index contributed by atoms with van der Waals surface area (Å²) < 4.78 is 24.0. The second-order valence-electron chi connectivity index (χ2n) is 8.95. The molecule has 5 heterocycles. The van der Waals surface area contributed by atoms with Crippen molar-refractivity contribution in [2.45, 2.75) is 46.0 Å². The molecule has 5 rings (SSSR count). The van der Waals surface area contributed by atoms with Gasteiger partial charge in [0.25, 0.3) is 0 Å². The van der Waals surface area contributed by atoms with Crippen LogP contribution in [0.15, 0.2) is 96.2 Å². The van der Waals surface area contributed by atoms with E-state index >= 15 is 0 Å². The molecule has 0 saturated heterocycles. The van der Waals surface area contributed by atoms with E-state index in [0.717, 1.165) is 66.7 Å². The Morgan fingerprint density at radius 2 is 1.47 bits per heavy atom. The van der Waals surface area contributed by atoms with Crippen molar-refractivity contribution in [2.24, 2.45) is 5.41 Å². The number of hydrogen-bond donors (Lipinski definition) is 0. The van der Waals surface area contributed by atoms with Crippen molar-refractivity contribution in [1.29, 1.82) is 0 Å². The lowest BCUT2D eigenvalue weighted by atomic mass is 9.64. The quantitative estimate of drug-likeness (QED) is 0.195. The van der Waals surface area contributed by atoms with Crippen LogP contribution in [0.3, 0.4) is 0 Å². The van der Waals surface area contributed by atoms with Crippen LogP contribution < -0.4 is 0 Å². The molecule has 0 spiro atoms. The summed E-state index contributed by atoms with van der Waals surface area (Å²) in [5, 5.41) is 2.14. The molecule has 0 amide bonds. The molecule has 0 N–H and O–H groups in total. The van der Waals surface area contributed by atoms with E-state index in [9.17, 15) is 0 Å². The lowest BCUT2D eigenvalue weighted by Crippen LogP contribution is -2.37. The zero-order valence-corrected chi connectivity index (χ0v) is 20.4. The van der Waals surface area contributed by atoms with Gasteiger partial charge in [-0.25, -0.2) is 0 Å². The zero-order chi connectivity index (χ0) is 23.4. The first-order valence-electron chi connectivity index (χ1n) is 11.7. The zero-order valence-electron chi connectivity index (χ0n) is 19.6. The van der Waals surface area contributed by atoms with E-state index in [1.807, 2.05) is 44.2 Å². The number of aryl methyl sites for hydroxylation is 3. The Kier molecular flexibility index (Phi) is 6.63. The molecule has 5 aromatic heterocycles. The van der Waals surface area contributed by atoms with Crippen LogP contribution >= 0.6 is 11.3 Å². The third-order valence-corrected chi connectivity index (χ3v) is 7.25. The fraction of sp³-hybridized carbons (Fsp3) is 0.276. The van der Waals surface area contributed by atoms with E-state index < -0.39 is 0 Å². The van der Waals surface area contributed by atoms with Gasteiger partial charge in [-0.1, -0.05) is 6.07 Å². The normalized spacial score (nSPS) is 13.5. The molecule has 1 atom stereocenters. The second-order valence-corrected chi connectivity index (χ2v) is 9.98. The summed E-state index contributed by atoms with van der Waals surface area (Å²) >= 11 is 1.79. The standard InChI is InChI=1S/C29H29O4S/c1-21-9-11-25(32-21)19-29(18-24-7-4-16-31-24,20-26-8-5-17-34-26)27(28-14-10-22(2)33-28)13-12-23-6-3-15-30-23/h3-11,14-17H,12-13,18-20H2,1-2H3. The number of hydrogen-bond acceptors (Lipinski definition) is 5. The SMILES string of the molecule is Cc1ccc(CC(Cc2ccco2)(Cc2cccs2)[C](CCc2ccco2)c2ccc(C)o2)o1. The highest BCUT2D eigenvalue weighted by atomic mass is 32.1. The van der Waals surface area contributed by atoms with Crippen LogP contribution in [0.1, 0.15) is 45.9 Å². The fourth-order valence-corrected chi connectivity index (χ4v) is 5.71. The molecule has 1 radical (unpaired) electrons. The first kappa shape index (κ1) is 22.6. The first-order valence-corrected chi connectivity index (χ1v) is 12.5. The van der Waals surface area contributed by atoms with Gasteiger partial charge >= 0.3 is 0 Å². The third kappa shape index (κ3) is 5.15. The summed E-state index contributed by atoms with van der Waals surface area (Å²) in [5.41, 5.74) is -0.302. The predicted molar refractivity (Wildman–Crippen MR) is 133 cm³/mol. The summed E-state index contributed by atoms with van der Waals surface area (Å²) in [7, 11) is 0. The first-order chi connectivity index (χ1) is 16.6. The third-order valence-electron chi connectivity index (χ3n) is 6.37. The van der Waals surface area contributed by atoms with Crippen LogP contribution in [-0.2, 0) is 25.7 Å². The molecule has 0 aromatic carbocycles. The largest absolute Gasteiger partial charge is 0.469 e. The lowest BCUT2D eigenvalue weighted by molar-refractivity contribution is 0.239. The van der Waals surface area contributed by atoms with E-state index in [2.05, 4.69) is 35.7 Å². The highest BCUT2D eigenvalue weighted by Gasteiger charge is 2.44. The molecule has 0 bridgehead atoms. The molecular formula is C29H29O4S. The van der Waals surface area contributed by atoms with Gasteiger partial charge in [-0.3, -0.25) is 0 Å². The fourth-order valence-electron chi connectivity index (χ4n) is 4.86. The molecule has 0 fully saturated rings. The summed E-state index contributed by atoms with van der Waals surface area (Å²) in [6.45, 7) is 3.99. The molecule has 0 saturated carbocycles. The van der Waals surface area contributed by atoms with Crippen LogP contribution in [0.25, 0.3) is 0 Å². The summed E-state index contributed by atoms with van der Waals surface area (Å²) in [6, 6.07) is 20.6. The van der Waals surface area contributed by atoms with Crippen molar-refractivity contribution >= 4 is 11.3 Å². The topological polar surface area (TPSA) is 52.6 Å². The van der Waals surface area contributed by atoms with Gasteiger partial charge in [0.2, 0.25) is 0 Å². The molecular weight excluding hydrogens is 444 g/mol. The van der Waals surface area contributed by atoms with Crippen LogP contribution in [0.5, 0.6) is 0 Å².